The Bertz CT molecular complexity index is 393. The van der Waals surface area contributed by atoms with Crippen LogP contribution < -0.4 is 5.73 Å². The largest absolute Gasteiger partial charge is 0.481 e. The van der Waals surface area contributed by atoms with E-state index in [0.29, 0.717) is 32.6 Å². The molecule has 0 spiro atoms. The lowest BCUT2D eigenvalue weighted by Gasteiger charge is -2.41. The van der Waals surface area contributed by atoms with Crippen LogP contribution in [0, 0.1) is 11.8 Å². The topological polar surface area (TPSA) is 92.9 Å². The molecule has 1 amide bonds. The second-order valence-corrected chi connectivity index (χ2v) is 6.50. The van der Waals surface area contributed by atoms with E-state index < -0.39 is 11.5 Å². The maximum Gasteiger partial charge on any atom is 0.303 e. The van der Waals surface area contributed by atoms with Crippen molar-refractivity contribution in [3.05, 3.63) is 0 Å². The number of amides is 1. The van der Waals surface area contributed by atoms with Gasteiger partial charge in [0, 0.05) is 32.7 Å². The van der Waals surface area contributed by atoms with Gasteiger partial charge in [0.25, 0.3) is 0 Å². The molecule has 2 aliphatic heterocycles. The average molecular weight is 298 g/mol. The van der Waals surface area contributed by atoms with E-state index in [2.05, 4.69) is 0 Å². The maximum atomic E-state index is 12.7. The monoisotopic (exact) mass is 298 g/mol. The Morgan fingerprint density at radius 1 is 1.43 bits per heavy atom. The van der Waals surface area contributed by atoms with Gasteiger partial charge >= 0.3 is 5.97 Å². The van der Waals surface area contributed by atoms with Gasteiger partial charge in [0.15, 0.2) is 0 Å². The lowest BCUT2D eigenvalue weighted by molar-refractivity contribution is -0.143. The first-order valence-corrected chi connectivity index (χ1v) is 7.80. The molecule has 2 unspecified atom stereocenters. The number of ether oxygens (including phenoxy) is 1. The van der Waals surface area contributed by atoms with Crippen molar-refractivity contribution < 1.29 is 19.4 Å². The first-order chi connectivity index (χ1) is 9.92. The summed E-state index contributed by atoms with van der Waals surface area (Å²) in [6.45, 7) is 4.39. The molecule has 0 aromatic carbocycles. The minimum atomic E-state index is -0.795. The van der Waals surface area contributed by atoms with E-state index in [1.54, 1.807) is 0 Å². The Balaban J connectivity index is 1.96. The minimum Gasteiger partial charge on any atom is -0.481 e. The molecule has 2 saturated heterocycles. The standard InChI is InChI=1S/C15H26N2O4/c1-11(9-13(18)19)12-3-2-6-17(10-12)14(20)15(16)4-7-21-8-5-15/h11-12H,2-10,16H2,1H3,(H,18,19). The van der Waals surface area contributed by atoms with Crippen molar-refractivity contribution in [3.8, 4) is 0 Å². The van der Waals surface area contributed by atoms with Crippen LogP contribution in [0.4, 0.5) is 0 Å². The number of nitrogens with two attached hydrogens (primary N) is 1. The number of carboxylic acids is 1. The molecular formula is C15H26N2O4. The zero-order valence-corrected chi connectivity index (χ0v) is 12.7. The number of carboxylic acid groups (broad SMARTS) is 1. The number of rotatable bonds is 4. The number of carbonyl (C=O) groups excluding carboxylic acids is 1. The van der Waals surface area contributed by atoms with Gasteiger partial charge in [0.2, 0.25) is 5.91 Å². The Kier molecular flexibility index (Phi) is 5.22. The Labute approximate surface area is 125 Å². The second-order valence-electron chi connectivity index (χ2n) is 6.50. The molecule has 3 N–H and O–H groups in total. The predicted molar refractivity (Wildman–Crippen MR) is 77.7 cm³/mol. The highest BCUT2D eigenvalue weighted by Crippen LogP contribution is 2.29. The van der Waals surface area contributed by atoms with Gasteiger partial charge in [-0.2, -0.15) is 0 Å². The van der Waals surface area contributed by atoms with E-state index in [1.807, 2.05) is 11.8 Å². The second kappa shape index (κ2) is 6.75. The predicted octanol–water partition coefficient (Wildman–Crippen LogP) is 0.844. The highest BCUT2D eigenvalue weighted by atomic mass is 16.5. The van der Waals surface area contributed by atoms with Crippen molar-refractivity contribution in [2.45, 2.75) is 44.6 Å². The van der Waals surface area contributed by atoms with Crippen molar-refractivity contribution >= 4 is 11.9 Å². The fourth-order valence-corrected chi connectivity index (χ4v) is 3.37. The average Bonchev–Trinajstić information content (AvgIpc) is 2.46. The summed E-state index contributed by atoms with van der Waals surface area (Å²) in [5, 5.41) is 8.92. The highest BCUT2D eigenvalue weighted by Gasteiger charge is 2.40. The van der Waals surface area contributed by atoms with Gasteiger partial charge in [0.1, 0.15) is 0 Å². The summed E-state index contributed by atoms with van der Waals surface area (Å²) in [7, 11) is 0. The first-order valence-electron chi connectivity index (χ1n) is 7.80. The number of nitrogens with zero attached hydrogens (tertiary/aromatic N) is 1. The van der Waals surface area contributed by atoms with Crippen LogP contribution in [0.3, 0.4) is 0 Å². The van der Waals surface area contributed by atoms with Crippen LogP contribution in [0.2, 0.25) is 0 Å². The molecule has 2 fully saturated rings. The fraction of sp³-hybridized carbons (Fsp3) is 0.867. The highest BCUT2D eigenvalue weighted by molar-refractivity contribution is 5.86. The Morgan fingerprint density at radius 2 is 2.10 bits per heavy atom. The molecule has 120 valence electrons. The lowest BCUT2D eigenvalue weighted by Crippen LogP contribution is -2.59. The number of likely N-dealkylation sites (tertiary alicyclic amines) is 1. The van der Waals surface area contributed by atoms with E-state index in [9.17, 15) is 9.59 Å². The Morgan fingerprint density at radius 3 is 2.71 bits per heavy atom. The third kappa shape index (κ3) is 3.95. The number of aliphatic carboxylic acids is 1. The quantitative estimate of drug-likeness (QED) is 0.802. The molecule has 6 nitrogen and oxygen atoms in total. The zero-order valence-electron chi connectivity index (χ0n) is 12.7. The van der Waals surface area contributed by atoms with Crippen LogP contribution in [0.15, 0.2) is 0 Å². The third-order valence-corrected chi connectivity index (χ3v) is 4.86. The van der Waals surface area contributed by atoms with Crippen LogP contribution in [0.25, 0.3) is 0 Å². The maximum absolute atomic E-state index is 12.7. The summed E-state index contributed by atoms with van der Waals surface area (Å²) in [6, 6.07) is 0. The summed E-state index contributed by atoms with van der Waals surface area (Å²) >= 11 is 0. The van der Waals surface area contributed by atoms with Gasteiger partial charge in [-0.05, 0) is 37.5 Å². The first kappa shape index (κ1) is 16.2. The number of carbonyl (C=O) groups is 2. The van der Waals surface area contributed by atoms with Crippen LogP contribution in [-0.2, 0) is 14.3 Å². The van der Waals surface area contributed by atoms with Crippen LogP contribution in [0.5, 0.6) is 0 Å². The van der Waals surface area contributed by atoms with Gasteiger partial charge in [-0.15, -0.1) is 0 Å². The van der Waals surface area contributed by atoms with E-state index >= 15 is 0 Å². The van der Waals surface area contributed by atoms with E-state index in [4.69, 9.17) is 15.6 Å². The molecule has 0 aliphatic carbocycles. The molecule has 2 rings (SSSR count). The van der Waals surface area contributed by atoms with Gasteiger partial charge in [0.05, 0.1) is 5.54 Å². The Hall–Kier alpha value is -1.14. The molecule has 21 heavy (non-hydrogen) atoms. The van der Waals surface area contributed by atoms with E-state index in [1.165, 1.54) is 0 Å². The fourth-order valence-electron chi connectivity index (χ4n) is 3.37. The van der Waals surface area contributed by atoms with E-state index in [0.717, 1.165) is 19.4 Å². The molecular weight excluding hydrogens is 272 g/mol. The molecule has 2 aliphatic rings. The molecule has 2 atom stereocenters. The van der Waals surface area contributed by atoms with Crippen molar-refractivity contribution in [1.82, 2.24) is 4.90 Å². The van der Waals surface area contributed by atoms with Gasteiger partial charge in [-0.1, -0.05) is 6.92 Å². The number of hydrogen-bond donors (Lipinski definition) is 2. The molecule has 0 bridgehead atoms. The summed E-state index contributed by atoms with van der Waals surface area (Å²) in [5.41, 5.74) is 5.47. The van der Waals surface area contributed by atoms with Crippen molar-refractivity contribution in [2.24, 2.45) is 17.6 Å². The van der Waals surface area contributed by atoms with Crippen molar-refractivity contribution in [2.75, 3.05) is 26.3 Å². The molecule has 0 saturated carbocycles. The van der Waals surface area contributed by atoms with Gasteiger partial charge < -0.3 is 20.5 Å². The molecule has 0 aromatic heterocycles. The van der Waals surface area contributed by atoms with E-state index in [-0.39, 0.29) is 24.2 Å². The molecule has 0 aromatic rings. The van der Waals surface area contributed by atoms with Gasteiger partial charge in [-0.25, -0.2) is 0 Å². The summed E-state index contributed by atoms with van der Waals surface area (Å²) < 4.78 is 5.29. The normalized spacial score (nSPS) is 27.1. The minimum absolute atomic E-state index is 0.0121. The number of piperidine rings is 1. The van der Waals surface area contributed by atoms with Crippen molar-refractivity contribution in [3.63, 3.8) is 0 Å². The van der Waals surface area contributed by atoms with Crippen LogP contribution in [0.1, 0.15) is 39.0 Å². The van der Waals surface area contributed by atoms with Gasteiger partial charge in [-0.3, -0.25) is 9.59 Å². The summed E-state index contributed by atoms with van der Waals surface area (Å²) in [6.07, 6.45) is 3.20. The zero-order chi connectivity index (χ0) is 15.5. The molecule has 2 heterocycles. The van der Waals surface area contributed by atoms with Crippen LogP contribution >= 0.6 is 0 Å². The lowest BCUT2D eigenvalue weighted by atomic mass is 9.83. The summed E-state index contributed by atoms with van der Waals surface area (Å²) in [4.78, 5) is 25.4. The SMILES string of the molecule is CC(CC(=O)O)C1CCCN(C(=O)C2(N)CCOCC2)C1. The van der Waals surface area contributed by atoms with Crippen LogP contribution in [-0.4, -0.2) is 53.7 Å². The molecule has 0 radical (unpaired) electrons. The summed E-state index contributed by atoms with van der Waals surface area (Å²) in [5.74, 6) is -0.424. The van der Waals surface area contributed by atoms with Crippen molar-refractivity contribution in [1.29, 1.82) is 0 Å². The number of hydrogen-bond acceptors (Lipinski definition) is 4. The smallest absolute Gasteiger partial charge is 0.303 e. The third-order valence-electron chi connectivity index (χ3n) is 4.86. The molecule has 6 heteroatoms.